The molecule has 9 nitrogen and oxygen atoms in total. The quantitative estimate of drug-likeness (QED) is 0.422. The fraction of sp³-hybridized carbons (Fsp3) is 0.400. The minimum absolute atomic E-state index is 0.00157. The van der Waals surface area contributed by atoms with E-state index in [1.807, 2.05) is 38.1 Å². The normalized spacial score (nSPS) is 19.8. The van der Waals surface area contributed by atoms with Gasteiger partial charge in [0, 0.05) is 50.7 Å². The fourth-order valence-electron chi connectivity index (χ4n) is 5.10. The van der Waals surface area contributed by atoms with Crippen LogP contribution in [0.4, 0.5) is 14.5 Å². The van der Waals surface area contributed by atoms with Crippen LogP contribution in [0.2, 0.25) is 0 Å². The van der Waals surface area contributed by atoms with Crippen LogP contribution in [0.1, 0.15) is 25.5 Å². The van der Waals surface area contributed by atoms with E-state index in [4.69, 9.17) is 5.26 Å². The molecule has 0 bridgehead atoms. The molecular weight excluding hydrogens is 466 g/mol. The lowest BCUT2D eigenvalue weighted by atomic mass is 9.99. The van der Waals surface area contributed by atoms with Crippen molar-refractivity contribution >= 4 is 27.8 Å². The molecule has 0 spiro atoms. The maximum absolute atomic E-state index is 14.5. The molecule has 11 heteroatoms. The average Bonchev–Trinajstić information content (AvgIpc) is 3.29. The van der Waals surface area contributed by atoms with Crippen LogP contribution in [0.3, 0.4) is 0 Å². The van der Waals surface area contributed by atoms with Crippen molar-refractivity contribution in [3.8, 4) is 6.07 Å². The number of hydrogen-bond acceptors (Lipinski definition) is 7. The van der Waals surface area contributed by atoms with E-state index < -0.39 is 12.5 Å². The van der Waals surface area contributed by atoms with Gasteiger partial charge in [0.1, 0.15) is 18.1 Å². The lowest BCUT2D eigenvalue weighted by Crippen LogP contribution is -2.60. The van der Waals surface area contributed by atoms with E-state index >= 15 is 0 Å². The van der Waals surface area contributed by atoms with Crippen LogP contribution in [-0.4, -0.2) is 60.8 Å². The highest BCUT2D eigenvalue weighted by atomic mass is 19.3. The summed E-state index contributed by atoms with van der Waals surface area (Å²) in [7, 11) is 1.60. The van der Waals surface area contributed by atoms with Gasteiger partial charge in [-0.25, -0.2) is 8.78 Å². The lowest BCUT2D eigenvalue weighted by molar-refractivity contribution is 0.0398. The highest BCUT2D eigenvalue weighted by Crippen LogP contribution is 2.34. The van der Waals surface area contributed by atoms with Gasteiger partial charge in [0.15, 0.2) is 0 Å². The second-order valence-electron chi connectivity index (χ2n) is 9.23. The van der Waals surface area contributed by atoms with Gasteiger partial charge in [0.05, 0.1) is 34.5 Å². The first-order valence-corrected chi connectivity index (χ1v) is 11.7. The van der Waals surface area contributed by atoms with Crippen molar-refractivity contribution in [2.45, 2.75) is 44.9 Å². The number of hydrogen-bond donors (Lipinski definition) is 0. The van der Waals surface area contributed by atoms with Crippen molar-refractivity contribution in [3.63, 3.8) is 0 Å². The van der Waals surface area contributed by atoms with Crippen LogP contribution in [0.15, 0.2) is 47.7 Å². The fourth-order valence-corrected chi connectivity index (χ4v) is 5.10. The molecule has 36 heavy (non-hydrogen) atoms. The second kappa shape index (κ2) is 9.28. The Morgan fingerprint density at radius 3 is 2.64 bits per heavy atom. The highest BCUT2D eigenvalue weighted by molar-refractivity contribution is 5.88. The number of benzene rings is 1. The van der Waals surface area contributed by atoms with E-state index in [1.54, 1.807) is 30.5 Å². The predicted molar refractivity (Wildman–Crippen MR) is 132 cm³/mol. The van der Waals surface area contributed by atoms with Gasteiger partial charge in [-0.05, 0) is 31.5 Å². The Bertz CT molecular complexity index is 1520. The first-order valence-electron chi connectivity index (χ1n) is 11.7. The lowest BCUT2D eigenvalue weighted by Gasteiger charge is -2.48. The second-order valence-corrected chi connectivity index (χ2v) is 9.23. The molecule has 1 unspecified atom stereocenters. The van der Waals surface area contributed by atoms with E-state index in [0.29, 0.717) is 23.3 Å². The largest absolute Gasteiger partial charge is 0.358 e. The number of fused-ring (bicyclic) bond motifs is 2. The SMILES string of the molecule is CC(c1ccc2nccnc2c1)N1C[C@H](C(F)F)N(c2cc(=O)n(C)c3cn(CC#N)nc23)C[C@H]1C. The van der Waals surface area contributed by atoms with Crippen molar-refractivity contribution < 1.29 is 8.78 Å². The standard InChI is InChI=1S/C25H26F2N8O/c1-15-12-35(20-11-23(36)32(3)21-13-33(9-6-28)31-24(20)21)22(25(26)27)14-34(15)16(2)17-4-5-18-19(10-17)30-8-7-29-18/h4-5,7-8,10-11,13,15-16,22,25H,9,12,14H2,1-3H3/t15-,16?,22-/m1/s1. The number of pyridine rings is 1. The summed E-state index contributed by atoms with van der Waals surface area (Å²) in [6.07, 6.45) is 2.23. The molecule has 0 radical (unpaired) electrons. The Morgan fingerprint density at radius 2 is 1.92 bits per heavy atom. The zero-order chi connectivity index (χ0) is 25.6. The minimum Gasteiger partial charge on any atom is -0.358 e. The van der Waals surface area contributed by atoms with Crippen molar-refractivity contribution in [1.29, 1.82) is 5.26 Å². The molecule has 1 aliphatic rings. The van der Waals surface area contributed by atoms with Crippen molar-refractivity contribution in [1.82, 2.24) is 29.2 Å². The number of aromatic nitrogens is 5. The minimum atomic E-state index is -2.64. The summed E-state index contributed by atoms with van der Waals surface area (Å²) in [6.45, 7) is 4.40. The number of alkyl halides is 2. The molecule has 1 saturated heterocycles. The molecule has 0 saturated carbocycles. The van der Waals surface area contributed by atoms with Crippen LogP contribution in [0.25, 0.3) is 22.1 Å². The van der Waals surface area contributed by atoms with Gasteiger partial charge in [-0.1, -0.05) is 6.07 Å². The summed E-state index contributed by atoms with van der Waals surface area (Å²) in [5, 5.41) is 13.5. The van der Waals surface area contributed by atoms with E-state index in [2.05, 4.69) is 20.0 Å². The summed E-state index contributed by atoms with van der Waals surface area (Å²) in [6, 6.07) is 7.85. The van der Waals surface area contributed by atoms with Gasteiger partial charge in [-0.3, -0.25) is 24.3 Å². The number of aryl methyl sites for hydroxylation is 1. The molecule has 1 aromatic carbocycles. The zero-order valence-electron chi connectivity index (χ0n) is 20.2. The van der Waals surface area contributed by atoms with Gasteiger partial charge in [0.2, 0.25) is 0 Å². The van der Waals surface area contributed by atoms with Crippen molar-refractivity contribution in [2.24, 2.45) is 7.05 Å². The topological polar surface area (TPSA) is 95.9 Å². The molecule has 1 fully saturated rings. The van der Waals surface area contributed by atoms with Gasteiger partial charge in [-0.15, -0.1) is 0 Å². The number of nitriles is 1. The van der Waals surface area contributed by atoms with Gasteiger partial charge >= 0.3 is 0 Å². The number of piperazine rings is 1. The Hall–Kier alpha value is -3.91. The first-order chi connectivity index (χ1) is 17.3. The molecule has 4 heterocycles. The van der Waals surface area contributed by atoms with E-state index in [-0.39, 0.29) is 30.7 Å². The average molecular weight is 493 g/mol. The summed E-state index contributed by atoms with van der Waals surface area (Å²) < 4.78 is 31.8. The van der Waals surface area contributed by atoms with Crippen LogP contribution >= 0.6 is 0 Å². The Kier molecular flexibility index (Phi) is 6.14. The predicted octanol–water partition coefficient (Wildman–Crippen LogP) is 3.11. The smallest absolute Gasteiger partial charge is 0.259 e. The zero-order valence-corrected chi connectivity index (χ0v) is 20.2. The van der Waals surface area contributed by atoms with Crippen LogP contribution < -0.4 is 10.5 Å². The van der Waals surface area contributed by atoms with Crippen LogP contribution in [0, 0.1) is 11.3 Å². The molecule has 3 atom stereocenters. The van der Waals surface area contributed by atoms with Gasteiger partial charge < -0.3 is 9.47 Å². The molecule has 5 rings (SSSR count). The molecule has 4 aromatic rings. The third-order valence-electron chi connectivity index (χ3n) is 7.07. The number of rotatable bonds is 5. The van der Waals surface area contributed by atoms with E-state index in [9.17, 15) is 13.6 Å². The van der Waals surface area contributed by atoms with Crippen LogP contribution in [0.5, 0.6) is 0 Å². The van der Waals surface area contributed by atoms with Gasteiger partial charge in [-0.2, -0.15) is 10.4 Å². The molecule has 0 aliphatic carbocycles. The Morgan fingerprint density at radius 1 is 1.17 bits per heavy atom. The summed E-state index contributed by atoms with van der Waals surface area (Å²) >= 11 is 0. The Labute approximate surface area is 206 Å². The third-order valence-corrected chi connectivity index (χ3v) is 7.07. The third kappa shape index (κ3) is 4.07. The number of nitrogens with zero attached hydrogens (tertiary/aromatic N) is 8. The maximum Gasteiger partial charge on any atom is 0.259 e. The highest BCUT2D eigenvalue weighted by Gasteiger charge is 2.40. The van der Waals surface area contributed by atoms with E-state index in [0.717, 1.165) is 16.6 Å². The molecule has 1 aliphatic heterocycles. The maximum atomic E-state index is 14.5. The summed E-state index contributed by atoms with van der Waals surface area (Å²) in [5.74, 6) is 0. The monoisotopic (exact) mass is 492 g/mol. The van der Waals surface area contributed by atoms with E-state index in [1.165, 1.54) is 15.3 Å². The first kappa shape index (κ1) is 23.8. The summed E-state index contributed by atoms with van der Waals surface area (Å²) in [5.41, 5.74) is 3.50. The number of anilines is 1. The molecule has 186 valence electrons. The molecule has 0 N–H and O–H groups in total. The molecule has 0 amide bonds. The van der Waals surface area contributed by atoms with Crippen molar-refractivity contribution in [3.05, 3.63) is 58.8 Å². The van der Waals surface area contributed by atoms with Crippen molar-refractivity contribution in [2.75, 3.05) is 18.0 Å². The van der Waals surface area contributed by atoms with Gasteiger partial charge in [0.25, 0.3) is 12.0 Å². The molecule has 3 aromatic heterocycles. The summed E-state index contributed by atoms with van der Waals surface area (Å²) in [4.78, 5) is 25.1. The van der Waals surface area contributed by atoms with Crippen LogP contribution in [-0.2, 0) is 13.6 Å². The molecular formula is C25H26F2N8O. The number of halogens is 2. The Balaban J connectivity index is 1.51.